The highest BCUT2D eigenvalue weighted by molar-refractivity contribution is 5.89. The van der Waals surface area contributed by atoms with Crippen LogP contribution < -0.4 is 10.4 Å². The Bertz CT molecular complexity index is 1350. The Morgan fingerprint density at radius 3 is 2.15 bits per heavy atom. The van der Waals surface area contributed by atoms with Crippen LogP contribution in [0.4, 0.5) is 0 Å². The van der Waals surface area contributed by atoms with Crippen molar-refractivity contribution in [3.8, 4) is 5.75 Å². The van der Waals surface area contributed by atoms with Crippen molar-refractivity contribution < 1.29 is 24.2 Å². The molecule has 3 aromatic rings. The molecule has 0 saturated carbocycles. The van der Waals surface area contributed by atoms with Crippen LogP contribution in [0.5, 0.6) is 5.75 Å². The number of benzene rings is 2. The minimum atomic E-state index is -1.41. The molecular weight excluding hydrogens is 510 g/mol. The van der Waals surface area contributed by atoms with Gasteiger partial charge in [-0.1, -0.05) is 71.2 Å². The topological polar surface area (TPSA) is 113 Å². The predicted molar refractivity (Wildman–Crippen MR) is 153 cm³/mol. The summed E-state index contributed by atoms with van der Waals surface area (Å²) in [6.07, 6.45) is 3.99. The number of esters is 1. The van der Waals surface area contributed by atoms with Crippen LogP contribution in [0.1, 0.15) is 94.5 Å². The minimum absolute atomic E-state index is 0.0366. The van der Waals surface area contributed by atoms with Crippen LogP contribution in [-0.4, -0.2) is 37.0 Å². The largest absolute Gasteiger partial charge is 0.478 e. The summed E-state index contributed by atoms with van der Waals surface area (Å²) in [7, 11) is 0. The highest BCUT2D eigenvalue weighted by Crippen LogP contribution is 2.22. The molecule has 40 heavy (non-hydrogen) atoms. The lowest BCUT2D eigenvalue weighted by Gasteiger charge is -2.21. The molecular formula is C31H41N3O6. The number of carbonyl (C=O) groups excluding carboxylic acids is 1. The number of unbranched alkanes of at least 4 members (excludes halogenated alkanes) is 3. The predicted octanol–water partition coefficient (Wildman–Crippen LogP) is 5.57. The summed E-state index contributed by atoms with van der Waals surface area (Å²) >= 11 is 0. The SMILES string of the molecule is CCCCCCn1c(COC(=O)c2ccc(OC(C)(C)C(=O)O)cc2)nn(Cc2ccc(C(C)(C)C)cc2)c1=O. The second-order valence-electron chi connectivity index (χ2n) is 11.5. The van der Waals surface area contributed by atoms with E-state index in [0.717, 1.165) is 31.2 Å². The lowest BCUT2D eigenvalue weighted by atomic mass is 9.87. The molecule has 1 heterocycles. The van der Waals surface area contributed by atoms with Crippen molar-refractivity contribution in [2.75, 3.05) is 0 Å². The fraction of sp³-hybridized carbons (Fsp3) is 0.484. The molecule has 216 valence electrons. The molecule has 0 aliphatic carbocycles. The first-order chi connectivity index (χ1) is 18.8. The van der Waals surface area contributed by atoms with E-state index in [2.05, 4.69) is 44.9 Å². The first-order valence-corrected chi connectivity index (χ1v) is 13.8. The summed E-state index contributed by atoms with van der Waals surface area (Å²) in [6, 6.07) is 14.2. The van der Waals surface area contributed by atoms with E-state index >= 15 is 0 Å². The van der Waals surface area contributed by atoms with Crippen molar-refractivity contribution in [2.24, 2.45) is 0 Å². The van der Waals surface area contributed by atoms with Gasteiger partial charge in [0, 0.05) is 6.54 Å². The summed E-state index contributed by atoms with van der Waals surface area (Å²) in [5.74, 6) is -0.970. The zero-order chi connectivity index (χ0) is 29.5. The molecule has 9 heteroatoms. The van der Waals surface area contributed by atoms with E-state index in [1.54, 1.807) is 4.57 Å². The van der Waals surface area contributed by atoms with Gasteiger partial charge in [0.2, 0.25) is 0 Å². The number of rotatable bonds is 13. The molecule has 0 fully saturated rings. The molecule has 1 N–H and O–H groups in total. The fourth-order valence-electron chi connectivity index (χ4n) is 4.11. The number of carboxylic acid groups (broad SMARTS) is 1. The highest BCUT2D eigenvalue weighted by atomic mass is 16.5. The summed E-state index contributed by atoms with van der Waals surface area (Å²) in [4.78, 5) is 37.3. The Hall–Kier alpha value is -3.88. The second-order valence-corrected chi connectivity index (χ2v) is 11.5. The highest BCUT2D eigenvalue weighted by Gasteiger charge is 2.29. The lowest BCUT2D eigenvalue weighted by molar-refractivity contribution is -0.152. The number of hydrogen-bond donors (Lipinski definition) is 1. The van der Waals surface area contributed by atoms with Crippen LogP contribution in [0.3, 0.4) is 0 Å². The van der Waals surface area contributed by atoms with Crippen LogP contribution in [0.2, 0.25) is 0 Å². The van der Waals surface area contributed by atoms with E-state index in [1.807, 2.05) is 12.1 Å². The van der Waals surface area contributed by atoms with Crippen molar-refractivity contribution >= 4 is 11.9 Å². The van der Waals surface area contributed by atoms with Crippen LogP contribution >= 0.6 is 0 Å². The number of carbonyl (C=O) groups is 2. The number of aromatic nitrogens is 3. The zero-order valence-electron chi connectivity index (χ0n) is 24.4. The molecule has 2 aromatic carbocycles. The van der Waals surface area contributed by atoms with Gasteiger partial charge in [-0.15, -0.1) is 0 Å². The Balaban J connectivity index is 1.74. The molecule has 3 rings (SSSR count). The molecule has 0 saturated heterocycles. The molecule has 0 radical (unpaired) electrons. The van der Waals surface area contributed by atoms with Crippen molar-refractivity contribution in [3.05, 3.63) is 81.5 Å². The molecule has 0 spiro atoms. The standard InChI is InChI=1S/C31H41N3O6/c1-7-8-9-10-19-33-26(32-34(29(33)38)20-22-11-15-24(16-12-22)30(2,3)4)21-39-27(35)23-13-17-25(18-14-23)40-31(5,6)28(36)37/h11-18H,7-10,19-21H2,1-6H3,(H,36,37). The van der Waals surface area contributed by atoms with Gasteiger partial charge in [-0.2, -0.15) is 5.10 Å². The lowest BCUT2D eigenvalue weighted by Crippen LogP contribution is -2.37. The molecule has 0 aliphatic heterocycles. The van der Waals surface area contributed by atoms with E-state index in [9.17, 15) is 19.5 Å². The van der Waals surface area contributed by atoms with E-state index in [0.29, 0.717) is 24.7 Å². The molecule has 0 bridgehead atoms. The van der Waals surface area contributed by atoms with Gasteiger partial charge in [0.05, 0.1) is 12.1 Å². The Morgan fingerprint density at radius 1 is 0.925 bits per heavy atom. The van der Waals surface area contributed by atoms with Crippen LogP contribution in [0, 0.1) is 0 Å². The van der Waals surface area contributed by atoms with Gasteiger partial charge in [0.1, 0.15) is 5.75 Å². The Kier molecular flexibility index (Phi) is 9.95. The molecule has 0 unspecified atom stereocenters. The molecule has 1 aromatic heterocycles. The number of carboxylic acids is 1. The number of nitrogens with zero attached hydrogens (tertiary/aromatic N) is 3. The fourth-order valence-corrected chi connectivity index (χ4v) is 4.11. The third kappa shape index (κ3) is 8.07. The maximum Gasteiger partial charge on any atom is 0.347 e. The zero-order valence-corrected chi connectivity index (χ0v) is 24.4. The van der Waals surface area contributed by atoms with Gasteiger partial charge >= 0.3 is 17.6 Å². The van der Waals surface area contributed by atoms with Gasteiger partial charge in [0.15, 0.2) is 18.0 Å². The minimum Gasteiger partial charge on any atom is -0.478 e. The molecule has 0 amide bonds. The second kappa shape index (κ2) is 13.0. The first kappa shape index (κ1) is 30.7. The van der Waals surface area contributed by atoms with Crippen molar-refractivity contribution in [3.63, 3.8) is 0 Å². The van der Waals surface area contributed by atoms with Gasteiger partial charge in [-0.3, -0.25) is 4.57 Å². The average molecular weight is 552 g/mol. The third-order valence-electron chi connectivity index (χ3n) is 6.70. The van der Waals surface area contributed by atoms with Crippen molar-refractivity contribution in [1.29, 1.82) is 0 Å². The third-order valence-corrected chi connectivity index (χ3v) is 6.70. The van der Waals surface area contributed by atoms with E-state index < -0.39 is 17.5 Å². The molecule has 0 aliphatic rings. The summed E-state index contributed by atoms with van der Waals surface area (Å²) in [5, 5.41) is 13.8. The summed E-state index contributed by atoms with van der Waals surface area (Å²) < 4.78 is 14.0. The smallest absolute Gasteiger partial charge is 0.347 e. The van der Waals surface area contributed by atoms with E-state index in [1.165, 1.54) is 48.4 Å². The van der Waals surface area contributed by atoms with Crippen LogP contribution in [-0.2, 0) is 34.6 Å². The van der Waals surface area contributed by atoms with Gasteiger partial charge in [-0.25, -0.2) is 19.1 Å². The molecule has 0 atom stereocenters. The quantitative estimate of drug-likeness (QED) is 0.218. The average Bonchev–Trinajstić information content (AvgIpc) is 3.19. The monoisotopic (exact) mass is 551 g/mol. The number of hydrogen-bond acceptors (Lipinski definition) is 6. The normalized spacial score (nSPS) is 11.8. The Labute approximate surface area is 235 Å². The van der Waals surface area contributed by atoms with E-state index in [-0.39, 0.29) is 23.3 Å². The molecule has 9 nitrogen and oxygen atoms in total. The first-order valence-electron chi connectivity index (χ1n) is 13.8. The number of ether oxygens (including phenoxy) is 2. The van der Waals surface area contributed by atoms with Crippen LogP contribution in [0.25, 0.3) is 0 Å². The summed E-state index contributed by atoms with van der Waals surface area (Å²) in [6.45, 7) is 12.2. The van der Waals surface area contributed by atoms with Crippen molar-refractivity contribution in [1.82, 2.24) is 14.3 Å². The van der Waals surface area contributed by atoms with E-state index in [4.69, 9.17) is 9.47 Å². The van der Waals surface area contributed by atoms with Gasteiger partial charge in [-0.05, 0) is 61.1 Å². The maximum absolute atomic E-state index is 13.3. The van der Waals surface area contributed by atoms with Crippen molar-refractivity contribution in [2.45, 2.75) is 97.9 Å². The van der Waals surface area contributed by atoms with Gasteiger partial charge in [0.25, 0.3) is 0 Å². The summed E-state index contributed by atoms with van der Waals surface area (Å²) in [5.41, 5.74) is 0.844. The van der Waals surface area contributed by atoms with Gasteiger partial charge < -0.3 is 14.6 Å². The Morgan fingerprint density at radius 2 is 1.57 bits per heavy atom. The maximum atomic E-state index is 13.3. The number of aliphatic carboxylic acids is 1. The van der Waals surface area contributed by atoms with Crippen LogP contribution in [0.15, 0.2) is 53.3 Å².